The Kier molecular flexibility index (Phi) is 6.23. The van der Waals surface area contributed by atoms with Gasteiger partial charge in [-0.3, -0.25) is 4.79 Å². The number of halogens is 2. The molecule has 2 atom stereocenters. The summed E-state index contributed by atoms with van der Waals surface area (Å²) in [6.07, 6.45) is 3.37. The lowest BCUT2D eigenvalue weighted by Gasteiger charge is -2.25. The molecular weight excluding hydrogens is 283 g/mol. The van der Waals surface area contributed by atoms with Crippen molar-refractivity contribution < 1.29 is 13.9 Å². The van der Waals surface area contributed by atoms with Gasteiger partial charge in [0, 0.05) is 18.0 Å². The third kappa shape index (κ3) is 4.08. The third-order valence-electron chi connectivity index (χ3n) is 3.52. The number of benzene rings is 1. The summed E-state index contributed by atoms with van der Waals surface area (Å²) in [5.41, 5.74) is 6.01. The van der Waals surface area contributed by atoms with E-state index in [0.29, 0.717) is 12.2 Å². The molecule has 1 aliphatic carbocycles. The molecule has 3 N–H and O–H groups in total. The molecule has 1 aromatic rings. The lowest BCUT2D eigenvalue weighted by Crippen LogP contribution is -2.34. The Bertz CT molecular complexity index is 470. The number of nitrogens with one attached hydrogen (secondary N) is 1. The van der Waals surface area contributed by atoms with Gasteiger partial charge in [0.15, 0.2) is 0 Å². The van der Waals surface area contributed by atoms with E-state index in [4.69, 9.17) is 10.5 Å². The van der Waals surface area contributed by atoms with Crippen LogP contribution in [0, 0.1) is 11.7 Å². The summed E-state index contributed by atoms with van der Waals surface area (Å²) in [5, 5.41) is 2.63. The molecule has 0 spiro atoms. The molecule has 1 aromatic carbocycles. The zero-order chi connectivity index (χ0) is 13.8. The number of rotatable bonds is 3. The van der Waals surface area contributed by atoms with Crippen molar-refractivity contribution in [2.24, 2.45) is 11.7 Å². The molecular formula is C14H20ClFN2O2. The maximum atomic E-state index is 13.6. The van der Waals surface area contributed by atoms with Crippen LogP contribution in [0.2, 0.25) is 0 Å². The minimum Gasteiger partial charge on any atom is -0.497 e. The third-order valence-corrected chi connectivity index (χ3v) is 3.52. The zero-order valence-electron chi connectivity index (χ0n) is 11.4. The second-order valence-corrected chi connectivity index (χ2v) is 4.96. The first-order valence-electron chi connectivity index (χ1n) is 6.50. The number of amides is 1. The molecule has 0 aliphatic heterocycles. The van der Waals surface area contributed by atoms with Crippen molar-refractivity contribution in [1.29, 1.82) is 0 Å². The van der Waals surface area contributed by atoms with Crippen molar-refractivity contribution in [3.05, 3.63) is 24.0 Å². The fourth-order valence-electron chi connectivity index (χ4n) is 2.43. The van der Waals surface area contributed by atoms with Crippen LogP contribution in [0.3, 0.4) is 0 Å². The molecule has 1 fully saturated rings. The summed E-state index contributed by atoms with van der Waals surface area (Å²) in [6, 6.07) is 4.35. The highest BCUT2D eigenvalue weighted by Crippen LogP contribution is 2.26. The second-order valence-electron chi connectivity index (χ2n) is 4.96. The lowest BCUT2D eigenvalue weighted by atomic mass is 9.85. The van der Waals surface area contributed by atoms with Crippen LogP contribution in [0.4, 0.5) is 10.1 Å². The minimum atomic E-state index is -0.464. The Hall–Kier alpha value is -1.33. The van der Waals surface area contributed by atoms with E-state index < -0.39 is 5.82 Å². The summed E-state index contributed by atoms with van der Waals surface area (Å²) in [7, 11) is 1.50. The monoisotopic (exact) mass is 302 g/mol. The molecule has 4 nitrogen and oxygen atoms in total. The van der Waals surface area contributed by atoms with Gasteiger partial charge in [0.1, 0.15) is 11.6 Å². The number of anilines is 1. The average molecular weight is 303 g/mol. The highest BCUT2D eigenvalue weighted by atomic mass is 35.5. The molecule has 2 unspecified atom stereocenters. The molecule has 0 heterocycles. The first-order chi connectivity index (χ1) is 9.10. The van der Waals surface area contributed by atoms with Crippen LogP contribution >= 0.6 is 12.4 Å². The summed E-state index contributed by atoms with van der Waals surface area (Å²) in [5.74, 6) is -0.247. The normalized spacial score (nSPS) is 21.8. The summed E-state index contributed by atoms with van der Waals surface area (Å²) >= 11 is 0. The summed E-state index contributed by atoms with van der Waals surface area (Å²) in [4.78, 5) is 12.1. The van der Waals surface area contributed by atoms with E-state index in [9.17, 15) is 9.18 Å². The number of ether oxygens (including phenoxy) is 1. The van der Waals surface area contributed by atoms with Gasteiger partial charge >= 0.3 is 0 Å². The van der Waals surface area contributed by atoms with Crippen LogP contribution in [-0.2, 0) is 4.79 Å². The molecule has 0 radical (unpaired) electrons. The number of hydrogen-bond donors (Lipinski definition) is 2. The Labute approximate surface area is 124 Å². The Morgan fingerprint density at radius 3 is 2.85 bits per heavy atom. The molecule has 2 rings (SSSR count). The minimum absolute atomic E-state index is 0. The first-order valence-corrected chi connectivity index (χ1v) is 6.50. The van der Waals surface area contributed by atoms with Gasteiger partial charge in [-0.15, -0.1) is 12.4 Å². The Morgan fingerprint density at radius 1 is 1.45 bits per heavy atom. The van der Waals surface area contributed by atoms with Crippen molar-refractivity contribution >= 4 is 24.0 Å². The SMILES string of the molecule is COc1ccc(F)c(NC(=O)C2CCCC(N)C2)c1.Cl. The van der Waals surface area contributed by atoms with Crippen LogP contribution < -0.4 is 15.8 Å². The second kappa shape index (κ2) is 7.45. The molecule has 1 saturated carbocycles. The standard InChI is InChI=1S/C14H19FN2O2.ClH/c1-19-11-5-6-12(15)13(8-11)17-14(18)9-3-2-4-10(16)7-9;/h5-6,8-10H,2-4,7,16H2,1H3,(H,17,18);1H. The van der Waals surface area contributed by atoms with E-state index in [1.54, 1.807) is 0 Å². The Morgan fingerprint density at radius 2 is 2.20 bits per heavy atom. The van der Waals surface area contributed by atoms with Crippen LogP contribution in [-0.4, -0.2) is 19.1 Å². The molecule has 1 amide bonds. The average Bonchev–Trinajstić information content (AvgIpc) is 2.41. The quantitative estimate of drug-likeness (QED) is 0.902. The van der Waals surface area contributed by atoms with Crippen LogP contribution in [0.5, 0.6) is 5.75 Å². The number of methoxy groups -OCH3 is 1. The van der Waals surface area contributed by atoms with Crippen molar-refractivity contribution in [1.82, 2.24) is 0 Å². The highest BCUT2D eigenvalue weighted by molar-refractivity contribution is 5.93. The number of hydrogen-bond acceptors (Lipinski definition) is 3. The maximum absolute atomic E-state index is 13.6. The van der Waals surface area contributed by atoms with Gasteiger partial charge in [0.25, 0.3) is 0 Å². The zero-order valence-corrected chi connectivity index (χ0v) is 12.2. The van der Waals surface area contributed by atoms with E-state index in [1.165, 1.54) is 25.3 Å². The largest absolute Gasteiger partial charge is 0.497 e. The highest BCUT2D eigenvalue weighted by Gasteiger charge is 2.25. The van der Waals surface area contributed by atoms with Crippen LogP contribution in [0.25, 0.3) is 0 Å². The molecule has 112 valence electrons. The van der Waals surface area contributed by atoms with Crippen LogP contribution in [0.15, 0.2) is 18.2 Å². The first kappa shape index (κ1) is 16.7. The molecule has 20 heavy (non-hydrogen) atoms. The van der Waals surface area contributed by atoms with Crippen molar-refractivity contribution in [2.75, 3.05) is 12.4 Å². The number of carbonyl (C=O) groups excluding carboxylic acids is 1. The number of nitrogens with two attached hydrogens (primary N) is 1. The predicted octanol–water partition coefficient (Wildman–Crippen LogP) is 2.71. The fourth-order valence-corrected chi connectivity index (χ4v) is 2.43. The van der Waals surface area contributed by atoms with E-state index >= 15 is 0 Å². The van der Waals surface area contributed by atoms with Gasteiger partial charge < -0.3 is 15.8 Å². The van der Waals surface area contributed by atoms with Crippen LogP contribution in [0.1, 0.15) is 25.7 Å². The number of carbonyl (C=O) groups is 1. The Balaban J connectivity index is 0.00000200. The van der Waals surface area contributed by atoms with E-state index in [2.05, 4.69) is 5.32 Å². The maximum Gasteiger partial charge on any atom is 0.227 e. The predicted molar refractivity (Wildman–Crippen MR) is 78.8 cm³/mol. The van der Waals surface area contributed by atoms with E-state index in [1.807, 2.05) is 0 Å². The molecule has 1 aliphatic rings. The smallest absolute Gasteiger partial charge is 0.227 e. The van der Waals surface area contributed by atoms with Gasteiger partial charge in [0.05, 0.1) is 12.8 Å². The van der Waals surface area contributed by atoms with Gasteiger partial charge in [0.2, 0.25) is 5.91 Å². The van der Waals surface area contributed by atoms with E-state index in [0.717, 1.165) is 19.3 Å². The molecule has 0 aromatic heterocycles. The van der Waals surface area contributed by atoms with Crippen molar-refractivity contribution in [3.8, 4) is 5.75 Å². The van der Waals surface area contributed by atoms with E-state index in [-0.39, 0.29) is 36.0 Å². The topological polar surface area (TPSA) is 64.3 Å². The van der Waals surface area contributed by atoms with Crippen molar-refractivity contribution in [3.63, 3.8) is 0 Å². The molecule has 6 heteroatoms. The fraction of sp³-hybridized carbons (Fsp3) is 0.500. The lowest BCUT2D eigenvalue weighted by molar-refractivity contribution is -0.120. The van der Waals surface area contributed by atoms with Gasteiger partial charge in [-0.05, 0) is 31.4 Å². The summed E-state index contributed by atoms with van der Waals surface area (Å²) in [6.45, 7) is 0. The van der Waals surface area contributed by atoms with Crippen molar-refractivity contribution in [2.45, 2.75) is 31.7 Å². The van der Waals surface area contributed by atoms with Gasteiger partial charge in [-0.25, -0.2) is 4.39 Å². The molecule has 0 bridgehead atoms. The van der Waals surface area contributed by atoms with Gasteiger partial charge in [-0.2, -0.15) is 0 Å². The molecule has 0 saturated heterocycles. The van der Waals surface area contributed by atoms with Gasteiger partial charge in [-0.1, -0.05) is 6.42 Å². The summed E-state index contributed by atoms with van der Waals surface area (Å²) < 4.78 is 18.6.